The van der Waals surface area contributed by atoms with Gasteiger partial charge in [-0.3, -0.25) is 4.79 Å². The SMILES string of the molecule is CCC(Oc1cccc(N)c1C(=O)O)C(N)=O. The molecule has 0 radical (unpaired) electrons. The van der Waals surface area contributed by atoms with E-state index in [1.54, 1.807) is 13.0 Å². The third kappa shape index (κ3) is 2.87. The molecule has 5 N–H and O–H groups in total. The lowest BCUT2D eigenvalue weighted by atomic mass is 10.1. The van der Waals surface area contributed by atoms with E-state index in [2.05, 4.69) is 0 Å². The summed E-state index contributed by atoms with van der Waals surface area (Å²) >= 11 is 0. The van der Waals surface area contributed by atoms with Gasteiger partial charge in [0.15, 0.2) is 6.10 Å². The van der Waals surface area contributed by atoms with Crippen LogP contribution in [0.1, 0.15) is 23.7 Å². The van der Waals surface area contributed by atoms with E-state index >= 15 is 0 Å². The van der Waals surface area contributed by atoms with Crippen molar-refractivity contribution < 1.29 is 19.4 Å². The van der Waals surface area contributed by atoms with Crippen LogP contribution in [0.2, 0.25) is 0 Å². The highest BCUT2D eigenvalue weighted by Crippen LogP contribution is 2.25. The highest BCUT2D eigenvalue weighted by atomic mass is 16.5. The van der Waals surface area contributed by atoms with Crippen molar-refractivity contribution in [1.29, 1.82) is 0 Å². The lowest BCUT2D eigenvalue weighted by Crippen LogP contribution is -2.33. The molecule has 1 aromatic rings. The number of carbonyl (C=O) groups excluding carboxylic acids is 1. The average molecular weight is 238 g/mol. The number of carboxylic acids is 1. The summed E-state index contributed by atoms with van der Waals surface area (Å²) in [6.45, 7) is 1.71. The fourth-order valence-electron chi connectivity index (χ4n) is 1.37. The number of carbonyl (C=O) groups is 2. The van der Waals surface area contributed by atoms with Gasteiger partial charge in [0.1, 0.15) is 11.3 Å². The fourth-order valence-corrected chi connectivity index (χ4v) is 1.37. The zero-order chi connectivity index (χ0) is 13.0. The number of carboxylic acid groups (broad SMARTS) is 1. The Bertz CT molecular complexity index is 445. The van der Waals surface area contributed by atoms with E-state index in [9.17, 15) is 9.59 Å². The van der Waals surface area contributed by atoms with Gasteiger partial charge in [-0.25, -0.2) is 4.79 Å². The molecule has 6 nitrogen and oxygen atoms in total. The minimum atomic E-state index is -1.21. The Kier molecular flexibility index (Phi) is 3.92. The number of hydrogen-bond acceptors (Lipinski definition) is 4. The Morgan fingerprint density at radius 3 is 2.59 bits per heavy atom. The highest BCUT2D eigenvalue weighted by Gasteiger charge is 2.20. The molecular formula is C11H14N2O4. The first-order chi connectivity index (χ1) is 7.97. The van der Waals surface area contributed by atoms with E-state index in [0.29, 0.717) is 6.42 Å². The van der Waals surface area contributed by atoms with E-state index in [0.717, 1.165) is 0 Å². The molecule has 0 aliphatic rings. The van der Waals surface area contributed by atoms with Crippen LogP contribution in [0.4, 0.5) is 5.69 Å². The van der Waals surface area contributed by atoms with Crippen LogP contribution >= 0.6 is 0 Å². The van der Waals surface area contributed by atoms with E-state index in [-0.39, 0.29) is 17.0 Å². The van der Waals surface area contributed by atoms with E-state index in [1.807, 2.05) is 0 Å². The lowest BCUT2D eigenvalue weighted by Gasteiger charge is -2.16. The Hall–Kier alpha value is -2.24. The largest absolute Gasteiger partial charge is 0.480 e. The third-order valence-corrected chi connectivity index (χ3v) is 2.23. The minimum Gasteiger partial charge on any atom is -0.480 e. The van der Waals surface area contributed by atoms with Crippen molar-refractivity contribution in [3.8, 4) is 5.75 Å². The molecule has 1 amide bonds. The molecule has 0 aromatic heterocycles. The number of nitrogen functional groups attached to an aromatic ring is 1. The number of primary amides is 1. The maximum Gasteiger partial charge on any atom is 0.341 e. The van der Waals surface area contributed by atoms with E-state index in [1.165, 1.54) is 12.1 Å². The second-order valence-electron chi connectivity index (χ2n) is 3.44. The number of anilines is 1. The Balaban J connectivity index is 3.10. The van der Waals surface area contributed by atoms with Gasteiger partial charge in [0, 0.05) is 5.69 Å². The van der Waals surface area contributed by atoms with Crippen molar-refractivity contribution in [3.63, 3.8) is 0 Å². The number of aromatic carboxylic acids is 1. The van der Waals surface area contributed by atoms with Gasteiger partial charge >= 0.3 is 5.97 Å². The normalized spacial score (nSPS) is 11.8. The summed E-state index contributed by atoms with van der Waals surface area (Å²) in [4.78, 5) is 22.0. The molecule has 1 aromatic carbocycles. The van der Waals surface area contributed by atoms with Crippen LogP contribution in [-0.4, -0.2) is 23.1 Å². The monoisotopic (exact) mass is 238 g/mol. The van der Waals surface area contributed by atoms with Gasteiger partial charge in [0.25, 0.3) is 5.91 Å². The van der Waals surface area contributed by atoms with Gasteiger partial charge in [-0.2, -0.15) is 0 Å². The maximum atomic E-state index is 11.0. The topological polar surface area (TPSA) is 116 Å². The molecular weight excluding hydrogens is 224 g/mol. The van der Waals surface area contributed by atoms with Crippen LogP contribution in [-0.2, 0) is 4.79 Å². The number of nitrogens with two attached hydrogens (primary N) is 2. The van der Waals surface area contributed by atoms with Crippen molar-refractivity contribution in [1.82, 2.24) is 0 Å². The van der Waals surface area contributed by atoms with E-state index < -0.39 is 18.0 Å². The summed E-state index contributed by atoms with van der Waals surface area (Å²) in [6.07, 6.45) is -0.515. The molecule has 0 heterocycles. The molecule has 0 aliphatic heterocycles. The first kappa shape index (κ1) is 12.8. The smallest absolute Gasteiger partial charge is 0.341 e. The minimum absolute atomic E-state index is 0.0446. The molecule has 0 saturated carbocycles. The second-order valence-corrected chi connectivity index (χ2v) is 3.44. The van der Waals surface area contributed by atoms with Gasteiger partial charge in [0.2, 0.25) is 0 Å². The van der Waals surface area contributed by atoms with Crippen LogP contribution in [0.15, 0.2) is 18.2 Å². The quantitative estimate of drug-likeness (QED) is 0.650. The Labute approximate surface area is 98.2 Å². The molecule has 0 saturated heterocycles. The summed E-state index contributed by atoms with van der Waals surface area (Å²) in [7, 11) is 0. The van der Waals surface area contributed by atoms with Crippen molar-refractivity contribution >= 4 is 17.6 Å². The zero-order valence-electron chi connectivity index (χ0n) is 9.34. The van der Waals surface area contributed by atoms with Crippen LogP contribution in [0.25, 0.3) is 0 Å². The molecule has 0 fully saturated rings. The standard InChI is InChI=1S/C11H14N2O4/c1-2-7(10(13)14)17-8-5-3-4-6(12)9(8)11(15)16/h3-5,7H,2,12H2,1H3,(H2,13,14)(H,15,16). The summed E-state index contributed by atoms with van der Waals surface area (Å²) in [5.74, 6) is -1.81. The number of benzene rings is 1. The molecule has 0 bridgehead atoms. The van der Waals surface area contributed by atoms with Crippen molar-refractivity contribution in [2.45, 2.75) is 19.4 Å². The average Bonchev–Trinajstić information content (AvgIpc) is 2.24. The van der Waals surface area contributed by atoms with Crippen molar-refractivity contribution in [2.24, 2.45) is 5.73 Å². The zero-order valence-corrected chi connectivity index (χ0v) is 9.34. The molecule has 92 valence electrons. The Morgan fingerprint density at radius 2 is 2.12 bits per heavy atom. The summed E-state index contributed by atoms with van der Waals surface area (Å²) in [5, 5.41) is 8.99. The van der Waals surface area contributed by atoms with Gasteiger partial charge < -0.3 is 21.3 Å². The lowest BCUT2D eigenvalue weighted by molar-refractivity contribution is -0.124. The van der Waals surface area contributed by atoms with Gasteiger partial charge in [-0.15, -0.1) is 0 Å². The summed E-state index contributed by atoms with van der Waals surface area (Å²) in [6, 6.07) is 4.43. The summed E-state index contributed by atoms with van der Waals surface area (Å²) < 4.78 is 5.26. The Morgan fingerprint density at radius 1 is 1.47 bits per heavy atom. The van der Waals surface area contributed by atoms with Gasteiger partial charge in [0.05, 0.1) is 0 Å². The van der Waals surface area contributed by atoms with Gasteiger partial charge in [-0.05, 0) is 18.6 Å². The number of ether oxygens (including phenoxy) is 1. The van der Waals surface area contributed by atoms with Crippen LogP contribution < -0.4 is 16.2 Å². The van der Waals surface area contributed by atoms with Crippen molar-refractivity contribution in [2.75, 3.05) is 5.73 Å². The van der Waals surface area contributed by atoms with E-state index in [4.69, 9.17) is 21.3 Å². The third-order valence-electron chi connectivity index (χ3n) is 2.23. The number of rotatable bonds is 5. The highest BCUT2D eigenvalue weighted by molar-refractivity contribution is 5.96. The molecule has 17 heavy (non-hydrogen) atoms. The van der Waals surface area contributed by atoms with Crippen LogP contribution in [0.3, 0.4) is 0 Å². The molecule has 1 atom stereocenters. The number of amides is 1. The predicted molar refractivity (Wildman–Crippen MR) is 61.7 cm³/mol. The molecule has 6 heteroatoms. The van der Waals surface area contributed by atoms with Crippen LogP contribution in [0, 0.1) is 0 Å². The second kappa shape index (κ2) is 5.20. The fraction of sp³-hybridized carbons (Fsp3) is 0.273. The molecule has 1 rings (SSSR count). The molecule has 0 aliphatic carbocycles. The van der Waals surface area contributed by atoms with Gasteiger partial charge in [-0.1, -0.05) is 13.0 Å². The molecule has 1 unspecified atom stereocenters. The molecule has 0 spiro atoms. The maximum absolute atomic E-state index is 11.0. The first-order valence-electron chi connectivity index (χ1n) is 5.05. The van der Waals surface area contributed by atoms with Crippen LogP contribution in [0.5, 0.6) is 5.75 Å². The van der Waals surface area contributed by atoms with Crippen molar-refractivity contribution in [3.05, 3.63) is 23.8 Å². The number of hydrogen-bond donors (Lipinski definition) is 3. The predicted octanol–water partition coefficient (Wildman–Crippen LogP) is 0.610. The summed E-state index contributed by atoms with van der Waals surface area (Å²) in [5.41, 5.74) is 10.6. The first-order valence-corrected chi connectivity index (χ1v) is 5.05.